The Morgan fingerprint density at radius 3 is 2.97 bits per heavy atom. The molecule has 0 spiro atoms. The molecular formula is C19H18ClN5O2S2. The average Bonchev–Trinajstić information content (AvgIpc) is 3.33. The van der Waals surface area contributed by atoms with E-state index >= 15 is 0 Å². The lowest BCUT2D eigenvalue weighted by Crippen LogP contribution is -2.14. The number of benzene rings is 1. The van der Waals surface area contributed by atoms with E-state index in [2.05, 4.69) is 21.6 Å². The molecule has 1 N–H and O–H groups in total. The van der Waals surface area contributed by atoms with Crippen molar-refractivity contribution in [1.82, 2.24) is 14.8 Å². The van der Waals surface area contributed by atoms with Crippen LogP contribution in [-0.4, -0.2) is 26.4 Å². The Labute approximate surface area is 181 Å². The second kappa shape index (κ2) is 9.78. The predicted molar refractivity (Wildman–Crippen MR) is 115 cm³/mol. The average molecular weight is 448 g/mol. The van der Waals surface area contributed by atoms with E-state index in [4.69, 9.17) is 21.6 Å². The molecular weight excluding hydrogens is 430 g/mol. The number of amides is 1. The molecule has 0 saturated heterocycles. The first kappa shape index (κ1) is 21.2. The minimum atomic E-state index is -0.200. The van der Waals surface area contributed by atoms with Gasteiger partial charge in [0.05, 0.1) is 11.3 Å². The quantitative estimate of drug-likeness (QED) is 0.511. The van der Waals surface area contributed by atoms with Gasteiger partial charge in [-0.1, -0.05) is 23.4 Å². The number of hydrogen-bond donors (Lipinski definition) is 1. The van der Waals surface area contributed by atoms with Gasteiger partial charge >= 0.3 is 0 Å². The third kappa shape index (κ3) is 5.29. The van der Waals surface area contributed by atoms with Crippen molar-refractivity contribution in [3.63, 3.8) is 0 Å². The number of anilines is 1. The molecule has 7 nitrogen and oxygen atoms in total. The van der Waals surface area contributed by atoms with Crippen LogP contribution in [0.3, 0.4) is 0 Å². The van der Waals surface area contributed by atoms with E-state index in [-0.39, 0.29) is 18.3 Å². The number of rotatable bonds is 8. The second-order valence-corrected chi connectivity index (χ2v) is 8.22. The zero-order chi connectivity index (χ0) is 20.8. The summed E-state index contributed by atoms with van der Waals surface area (Å²) in [6.45, 7) is 4.81. The molecule has 0 atom stereocenters. The summed E-state index contributed by atoms with van der Waals surface area (Å²) < 4.78 is 7.71. The van der Waals surface area contributed by atoms with Crippen molar-refractivity contribution in [3.8, 4) is 11.8 Å². The summed E-state index contributed by atoms with van der Waals surface area (Å²) in [4.78, 5) is 12.2. The minimum absolute atomic E-state index is 0.165. The molecule has 1 aromatic carbocycles. The first-order chi connectivity index (χ1) is 14.0. The van der Waals surface area contributed by atoms with Crippen LogP contribution in [-0.2, 0) is 17.9 Å². The van der Waals surface area contributed by atoms with Crippen molar-refractivity contribution in [3.05, 3.63) is 51.6 Å². The maximum absolute atomic E-state index is 12.2. The molecule has 3 aromatic rings. The number of aromatic nitrogens is 3. The summed E-state index contributed by atoms with van der Waals surface area (Å²) in [5.41, 5.74) is 1.40. The number of nitriles is 1. The largest absolute Gasteiger partial charge is 0.486 e. The minimum Gasteiger partial charge on any atom is -0.486 e. The first-order valence-electron chi connectivity index (χ1n) is 8.73. The van der Waals surface area contributed by atoms with Crippen molar-refractivity contribution in [1.29, 1.82) is 5.26 Å². The van der Waals surface area contributed by atoms with Crippen molar-refractivity contribution in [2.24, 2.45) is 0 Å². The molecule has 1 amide bonds. The van der Waals surface area contributed by atoms with Gasteiger partial charge in [-0.05, 0) is 49.1 Å². The molecule has 2 heterocycles. The van der Waals surface area contributed by atoms with Gasteiger partial charge < -0.3 is 14.6 Å². The molecule has 0 unspecified atom stereocenters. The number of thioether (sulfide) groups is 1. The highest BCUT2D eigenvalue weighted by Crippen LogP contribution is 2.24. The van der Waals surface area contributed by atoms with E-state index in [0.717, 1.165) is 5.56 Å². The normalized spacial score (nSPS) is 10.6. The molecule has 0 fully saturated rings. The zero-order valence-electron chi connectivity index (χ0n) is 15.8. The smallest absolute Gasteiger partial charge is 0.235 e. The van der Waals surface area contributed by atoms with Crippen molar-refractivity contribution in [2.75, 3.05) is 11.1 Å². The van der Waals surface area contributed by atoms with Gasteiger partial charge in [-0.25, -0.2) is 0 Å². The molecule has 2 aromatic heterocycles. The Balaban J connectivity index is 1.59. The molecule has 0 bridgehead atoms. The van der Waals surface area contributed by atoms with Crippen LogP contribution in [0.15, 0.2) is 34.8 Å². The maximum Gasteiger partial charge on any atom is 0.235 e. The number of ether oxygens (including phenoxy) is 1. The van der Waals surface area contributed by atoms with E-state index in [9.17, 15) is 4.79 Å². The number of nitrogens with one attached hydrogen (secondary N) is 1. The van der Waals surface area contributed by atoms with Crippen LogP contribution >= 0.6 is 34.7 Å². The van der Waals surface area contributed by atoms with Crippen LogP contribution in [0.2, 0.25) is 5.02 Å². The number of carbonyl (C=O) groups excluding carboxylic acids is 1. The SMILES string of the molecule is CCn1c(COc2ccc(Cl)c(C)c2)nnc1SCC(=O)Nc1sccc1C#N. The van der Waals surface area contributed by atoms with Crippen molar-refractivity contribution < 1.29 is 9.53 Å². The Morgan fingerprint density at radius 1 is 1.41 bits per heavy atom. The van der Waals surface area contributed by atoms with Crippen LogP contribution in [0.1, 0.15) is 23.9 Å². The van der Waals surface area contributed by atoms with Gasteiger partial charge in [-0.3, -0.25) is 4.79 Å². The van der Waals surface area contributed by atoms with E-state index in [1.54, 1.807) is 17.5 Å². The lowest BCUT2D eigenvalue weighted by molar-refractivity contribution is -0.113. The van der Waals surface area contributed by atoms with Crippen molar-refractivity contribution in [2.45, 2.75) is 32.2 Å². The van der Waals surface area contributed by atoms with E-state index in [1.165, 1.54) is 23.1 Å². The van der Waals surface area contributed by atoms with Crippen molar-refractivity contribution >= 4 is 45.6 Å². The molecule has 29 heavy (non-hydrogen) atoms. The lowest BCUT2D eigenvalue weighted by atomic mass is 10.2. The zero-order valence-corrected chi connectivity index (χ0v) is 18.2. The number of carbonyl (C=O) groups is 1. The highest BCUT2D eigenvalue weighted by atomic mass is 35.5. The maximum atomic E-state index is 12.2. The molecule has 0 radical (unpaired) electrons. The number of halogens is 1. The summed E-state index contributed by atoms with van der Waals surface area (Å²) >= 11 is 8.65. The van der Waals surface area contributed by atoms with Gasteiger partial charge in [0.25, 0.3) is 0 Å². The summed E-state index contributed by atoms with van der Waals surface area (Å²) in [5.74, 6) is 1.34. The fraction of sp³-hybridized carbons (Fsp3) is 0.263. The monoisotopic (exact) mass is 447 g/mol. The lowest BCUT2D eigenvalue weighted by Gasteiger charge is -2.09. The molecule has 0 saturated carbocycles. The van der Waals surface area contributed by atoms with Crippen LogP contribution in [0.25, 0.3) is 0 Å². The third-order valence-corrected chi connectivity index (χ3v) is 6.20. The summed E-state index contributed by atoms with van der Waals surface area (Å²) in [6, 6.07) is 9.20. The number of nitrogens with zero attached hydrogens (tertiary/aromatic N) is 4. The molecule has 3 rings (SSSR count). The fourth-order valence-electron chi connectivity index (χ4n) is 2.49. The van der Waals surface area contributed by atoms with Crippen LogP contribution < -0.4 is 10.1 Å². The second-order valence-electron chi connectivity index (χ2n) is 5.95. The summed E-state index contributed by atoms with van der Waals surface area (Å²) in [5, 5.41) is 23.8. The number of hydrogen-bond acceptors (Lipinski definition) is 7. The standard InChI is InChI=1S/C19H18ClN5O2S2/c1-3-25-16(10-27-14-4-5-15(20)12(2)8-14)23-24-19(25)29-11-17(26)22-18-13(9-21)6-7-28-18/h4-8H,3,10-11H2,1-2H3,(H,22,26). The highest BCUT2D eigenvalue weighted by molar-refractivity contribution is 7.99. The van der Waals surface area contributed by atoms with Gasteiger partial charge in [0.2, 0.25) is 5.91 Å². The fourth-order valence-corrected chi connectivity index (χ4v) is 4.18. The van der Waals surface area contributed by atoms with Gasteiger partial charge in [-0.2, -0.15) is 5.26 Å². The Morgan fingerprint density at radius 2 is 2.24 bits per heavy atom. The summed E-state index contributed by atoms with van der Waals surface area (Å²) in [7, 11) is 0. The first-order valence-corrected chi connectivity index (χ1v) is 11.0. The molecule has 0 aliphatic carbocycles. The number of thiophene rings is 1. The van der Waals surface area contributed by atoms with E-state index < -0.39 is 0 Å². The molecule has 0 aliphatic heterocycles. The van der Waals surface area contributed by atoms with Crippen LogP contribution in [0, 0.1) is 18.3 Å². The molecule has 10 heteroatoms. The van der Waals surface area contributed by atoms with E-state index in [1.807, 2.05) is 30.5 Å². The third-order valence-electron chi connectivity index (χ3n) is 3.98. The molecule has 0 aliphatic rings. The Kier molecular flexibility index (Phi) is 7.14. The van der Waals surface area contributed by atoms with Gasteiger partial charge in [-0.15, -0.1) is 21.5 Å². The molecule has 150 valence electrons. The number of aryl methyl sites for hydroxylation is 1. The predicted octanol–water partition coefficient (Wildman–Crippen LogP) is 4.50. The van der Waals surface area contributed by atoms with E-state index in [0.29, 0.717) is 38.9 Å². The van der Waals surface area contributed by atoms with Crippen LogP contribution in [0.5, 0.6) is 5.75 Å². The Bertz CT molecular complexity index is 1060. The van der Waals surface area contributed by atoms with Gasteiger partial charge in [0.1, 0.15) is 23.4 Å². The highest BCUT2D eigenvalue weighted by Gasteiger charge is 2.15. The summed E-state index contributed by atoms with van der Waals surface area (Å²) in [6.07, 6.45) is 0. The Hall–Kier alpha value is -2.54. The topological polar surface area (TPSA) is 92.8 Å². The van der Waals surface area contributed by atoms with Crippen LogP contribution in [0.4, 0.5) is 5.00 Å². The van der Waals surface area contributed by atoms with Gasteiger partial charge in [0.15, 0.2) is 11.0 Å². The van der Waals surface area contributed by atoms with Gasteiger partial charge in [0, 0.05) is 11.6 Å².